The van der Waals surface area contributed by atoms with Crippen LogP contribution in [0.3, 0.4) is 0 Å². The molecular formula is C12H14Si-2. The standard InChI is InChI=1S/C12H14Si/c1-13(2,11-7-3-4-8-11)12-9-5-6-10-12/h3-10H,1-2H3/q-2. The van der Waals surface area contributed by atoms with Gasteiger partial charge in [-0.2, -0.15) is 40.7 Å². The van der Waals surface area contributed by atoms with Gasteiger partial charge < -0.3 is 0 Å². The van der Waals surface area contributed by atoms with Crippen LogP contribution in [0.1, 0.15) is 0 Å². The zero-order valence-corrected chi connectivity index (χ0v) is 9.12. The summed E-state index contributed by atoms with van der Waals surface area (Å²) in [6.45, 7) is 4.80. The van der Waals surface area contributed by atoms with E-state index in [9.17, 15) is 0 Å². The van der Waals surface area contributed by atoms with E-state index in [0.717, 1.165) is 0 Å². The first-order chi connectivity index (χ1) is 6.21. The van der Waals surface area contributed by atoms with Gasteiger partial charge in [-0.1, -0.05) is 13.1 Å². The highest BCUT2D eigenvalue weighted by atomic mass is 28.3. The van der Waals surface area contributed by atoms with E-state index in [1.54, 1.807) is 0 Å². The predicted octanol–water partition coefficient (Wildman–Crippen LogP) is 1.95. The van der Waals surface area contributed by atoms with Gasteiger partial charge in [0.05, 0.1) is 0 Å². The van der Waals surface area contributed by atoms with Crippen molar-refractivity contribution in [3.63, 3.8) is 0 Å². The summed E-state index contributed by atoms with van der Waals surface area (Å²) in [5.41, 5.74) is 0. The van der Waals surface area contributed by atoms with Gasteiger partial charge in [-0.25, -0.2) is 18.2 Å². The van der Waals surface area contributed by atoms with Gasteiger partial charge in [0, 0.05) is 8.07 Å². The summed E-state index contributed by atoms with van der Waals surface area (Å²) >= 11 is 0. The summed E-state index contributed by atoms with van der Waals surface area (Å²) in [7, 11) is -1.35. The van der Waals surface area contributed by atoms with Crippen molar-refractivity contribution in [2.45, 2.75) is 13.1 Å². The highest BCUT2D eigenvalue weighted by molar-refractivity contribution is 7.00. The van der Waals surface area contributed by atoms with Crippen molar-refractivity contribution in [1.82, 2.24) is 0 Å². The minimum absolute atomic E-state index is 1.35. The molecule has 0 bridgehead atoms. The van der Waals surface area contributed by atoms with Crippen LogP contribution in [-0.2, 0) is 0 Å². The normalized spacial score (nSPS) is 11.8. The molecule has 0 unspecified atom stereocenters. The Morgan fingerprint density at radius 3 is 2.54 bits per heavy atom. The number of rotatable bonds is 2. The van der Waals surface area contributed by atoms with Crippen LogP contribution in [0.4, 0.5) is 0 Å². The molecule has 0 radical (unpaired) electrons. The predicted molar refractivity (Wildman–Crippen MR) is 60.8 cm³/mol. The lowest BCUT2D eigenvalue weighted by Crippen LogP contribution is -2.51. The minimum atomic E-state index is -1.35. The van der Waals surface area contributed by atoms with Gasteiger partial charge in [0.2, 0.25) is 0 Å². The third kappa shape index (κ3) is 1.40. The molecule has 0 nitrogen and oxygen atoms in total. The summed E-state index contributed by atoms with van der Waals surface area (Å²) in [6, 6.07) is 17.5. The second-order valence-corrected chi connectivity index (χ2v) is 8.38. The Balaban J connectivity index is 2.42. The zero-order chi connectivity index (χ0) is 9.31. The Labute approximate surface area is 80.6 Å². The van der Waals surface area contributed by atoms with Crippen molar-refractivity contribution in [3.05, 3.63) is 48.5 Å². The van der Waals surface area contributed by atoms with Gasteiger partial charge in [-0.3, -0.25) is 0 Å². The SMILES string of the molecule is C[Si](C)(c1cc[cH-]c1)c1ccc[cH-]1. The zero-order valence-electron chi connectivity index (χ0n) is 8.12. The fourth-order valence-electron chi connectivity index (χ4n) is 1.75. The Morgan fingerprint density at radius 1 is 1.15 bits per heavy atom. The molecule has 0 N–H and O–H groups in total. The molecule has 0 fully saturated rings. The van der Waals surface area contributed by atoms with E-state index in [4.69, 9.17) is 0 Å². The highest BCUT2D eigenvalue weighted by Crippen LogP contribution is 2.04. The lowest BCUT2D eigenvalue weighted by Gasteiger charge is -2.30. The average Bonchev–Trinajstić information content (AvgIpc) is 2.78. The first-order valence-electron chi connectivity index (χ1n) is 4.65. The summed E-state index contributed by atoms with van der Waals surface area (Å²) < 4.78 is 0. The molecule has 0 saturated carbocycles. The molecule has 0 saturated heterocycles. The first-order valence-corrected chi connectivity index (χ1v) is 7.65. The molecule has 2 aromatic carbocycles. The van der Waals surface area contributed by atoms with Gasteiger partial charge in [0.25, 0.3) is 0 Å². The van der Waals surface area contributed by atoms with Crippen LogP contribution in [0.5, 0.6) is 0 Å². The number of hydrogen-bond donors (Lipinski definition) is 0. The smallest absolute Gasteiger partial charge is 0.0132 e. The molecule has 1 heteroatoms. The van der Waals surface area contributed by atoms with Gasteiger partial charge in [-0.05, 0) is 0 Å². The van der Waals surface area contributed by atoms with Crippen LogP contribution in [-0.4, -0.2) is 8.07 Å². The number of hydrogen-bond acceptors (Lipinski definition) is 0. The maximum atomic E-state index is 2.40. The van der Waals surface area contributed by atoms with E-state index >= 15 is 0 Å². The largest absolute Gasteiger partial charge is 0.215 e. The van der Waals surface area contributed by atoms with Crippen molar-refractivity contribution in [3.8, 4) is 0 Å². The van der Waals surface area contributed by atoms with E-state index in [1.807, 2.05) is 0 Å². The molecule has 68 valence electrons. The fourth-order valence-corrected chi connectivity index (χ4v) is 4.13. The molecule has 0 aliphatic heterocycles. The second kappa shape index (κ2) is 3.00. The second-order valence-electron chi connectivity index (χ2n) is 3.97. The van der Waals surface area contributed by atoms with Crippen molar-refractivity contribution >= 4 is 18.4 Å². The van der Waals surface area contributed by atoms with Crippen LogP contribution in [0.25, 0.3) is 0 Å². The van der Waals surface area contributed by atoms with Crippen molar-refractivity contribution < 1.29 is 0 Å². The van der Waals surface area contributed by atoms with Crippen molar-refractivity contribution in [2.75, 3.05) is 0 Å². The van der Waals surface area contributed by atoms with E-state index < -0.39 is 8.07 Å². The quantitative estimate of drug-likeness (QED) is 0.497. The molecule has 0 spiro atoms. The summed E-state index contributed by atoms with van der Waals surface area (Å²) in [4.78, 5) is 0. The third-order valence-corrected chi connectivity index (χ3v) is 6.32. The third-order valence-electron chi connectivity index (χ3n) is 2.77. The summed E-state index contributed by atoms with van der Waals surface area (Å²) in [5.74, 6) is 0. The van der Waals surface area contributed by atoms with Crippen molar-refractivity contribution in [2.24, 2.45) is 0 Å². The van der Waals surface area contributed by atoms with E-state index in [0.29, 0.717) is 0 Å². The summed E-state index contributed by atoms with van der Waals surface area (Å²) in [6.07, 6.45) is 0. The molecule has 2 rings (SSSR count). The average molecular weight is 186 g/mol. The molecule has 0 aromatic heterocycles. The van der Waals surface area contributed by atoms with Crippen molar-refractivity contribution in [1.29, 1.82) is 0 Å². The van der Waals surface area contributed by atoms with Gasteiger partial charge >= 0.3 is 0 Å². The monoisotopic (exact) mass is 186 g/mol. The summed E-state index contributed by atoms with van der Waals surface area (Å²) in [5, 5.41) is 3.05. The van der Waals surface area contributed by atoms with Crippen LogP contribution < -0.4 is 10.4 Å². The molecule has 0 amide bonds. The van der Waals surface area contributed by atoms with Crippen LogP contribution in [0, 0.1) is 0 Å². The highest BCUT2D eigenvalue weighted by Gasteiger charge is 2.15. The lowest BCUT2D eigenvalue weighted by molar-refractivity contribution is 1.81. The maximum absolute atomic E-state index is 2.40. The van der Waals surface area contributed by atoms with Gasteiger partial charge in [0.15, 0.2) is 0 Å². The molecule has 0 heterocycles. The minimum Gasteiger partial charge on any atom is -0.215 e. The van der Waals surface area contributed by atoms with Crippen LogP contribution >= 0.6 is 0 Å². The molecule has 0 aliphatic rings. The fraction of sp³-hybridized carbons (Fsp3) is 0.167. The Hall–Kier alpha value is -1.08. The maximum Gasteiger partial charge on any atom is 0.0132 e. The Bertz CT molecular complexity index is 315. The Kier molecular flexibility index (Phi) is 1.96. The molecule has 2 aromatic rings. The molecule has 13 heavy (non-hydrogen) atoms. The topological polar surface area (TPSA) is 0 Å². The van der Waals surface area contributed by atoms with E-state index in [1.165, 1.54) is 10.4 Å². The molecular weight excluding hydrogens is 172 g/mol. The Morgan fingerprint density at radius 2 is 2.00 bits per heavy atom. The van der Waals surface area contributed by atoms with Gasteiger partial charge in [-0.15, -0.1) is 0 Å². The lowest BCUT2D eigenvalue weighted by atomic mass is 10.6. The van der Waals surface area contributed by atoms with Crippen LogP contribution in [0.2, 0.25) is 13.1 Å². The molecule has 0 aliphatic carbocycles. The van der Waals surface area contributed by atoms with Crippen LogP contribution in [0.15, 0.2) is 48.5 Å². The van der Waals surface area contributed by atoms with Gasteiger partial charge in [0.1, 0.15) is 0 Å². The first kappa shape index (κ1) is 8.51. The molecule has 0 atom stereocenters. The van der Waals surface area contributed by atoms with E-state index in [-0.39, 0.29) is 0 Å². The van der Waals surface area contributed by atoms with E-state index in [2.05, 4.69) is 61.6 Å².